The van der Waals surface area contributed by atoms with Gasteiger partial charge in [0.25, 0.3) is 0 Å². The van der Waals surface area contributed by atoms with Gasteiger partial charge in [0.2, 0.25) is 5.16 Å². The summed E-state index contributed by atoms with van der Waals surface area (Å²) in [4.78, 5) is 12.6. The molecule has 144 valence electrons. The Morgan fingerprint density at radius 3 is 2.86 bits per heavy atom. The lowest BCUT2D eigenvalue weighted by atomic mass is 10.1. The third-order valence-corrected chi connectivity index (χ3v) is 5.44. The van der Waals surface area contributed by atoms with Crippen molar-refractivity contribution in [3.05, 3.63) is 70.3 Å². The smallest absolute Gasteiger partial charge is 0.345 e. The molecule has 0 unspecified atom stereocenters. The first-order valence-electron chi connectivity index (χ1n) is 8.67. The fraction of sp³-hybridized carbons (Fsp3) is 0.100. The number of hydrogen-bond acceptors (Lipinski definition) is 7. The first-order chi connectivity index (χ1) is 14.1. The van der Waals surface area contributed by atoms with Gasteiger partial charge in [0.15, 0.2) is 17.2 Å². The highest BCUT2D eigenvalue weighted by molar-refractivity contribution is 7.99. The molecule has 1 aliphatic rings. The highest BCUT2D eigenvalue weighted by Crippen LogP contribution is 2.30. The Morgan fingerprint density at radius 2 is 2.03 bits per heavy atom. The predicted molar refractivity (Wildman–Crippen MR) is 107 cm³/mol. The minimum absolute atomic E-state index is 0.350. The average Bonchev–Trinajstić information content (AvgIpc) is 3.16. The third kappa shape index (κ3) is 2.99. The molecule has 0 aliphatic carbocycles. The van der Waals surface area contributed by atoms with Crippen LogP contribution in [0.2, 0.25) is 0 Å². The fourth-order valence-electron chi connectivity index (χ4n) is 3.15. The Balaban J connectivity index is 1.65. The Bertz CT molecular complexity index is 1350. The summed E-state index contributed by atoms with van der Waals surface area (Å²) >= 11 is 1.39. The second-order valence-corrected chi connectivity index (χ2v) is 7.23. The SMILES string of the molecule is COc1cccc2cc(C3=Nn4c(nnc4-c4cccc(F)c4)SC3)c(=O)oc12. The zero-order valence-electron chi connectivity index (χ0n) is 15.1. The summed E-state index contributed by atoms with van der Waals surface area (Å²) in [6.45, 7) is 0. The number of fused-ring (bicyclic) bond motifs is 2. The zero-order valence-corrected chi connectivity index (χ0v) is 15.9. The number of aromatic nitrogens is 3. The summed E-state index contributed by atoms with van der Waals surface area (Å²) in [6.07, 6.45) is 0. The number of thioether (sulfide) groups is 1. The van der Waals surface area contributed by atoms with E-state index < -0.39 is 5.63 Å². The van der Waals surface area contributed by atoms with Crippen LogP contribution in [0.25, 0.3) is 22.4 Å². The number of hydrogen-bond donors (Lipinski definition) is 0. The number of ether oxygens (including phenoxy) is 1. The van der Waals surface area contributed by atoms with Crippen LogP contribution in [-0.4, -0.2) is 33.4 Å². The lowest BCUT2D eigenvalue weighted by molar-refractivity contribution is 0.406. The lowest BCUT2D eigenvalue weighted by Crippen LogP contribution is -2.21. The first kappa shape index (κ1) is 17.6. The van der Waals surface area contributed by atoms with Crippen molar-refractivity contribution in [1.29, 1.82) is 0 Å². The second kappa shape index (κ2) is 6.85. The number of para-hydroxylation sites is 1. The van der Waals surface area contributed by atoms with Crippen LogP contribution in [0, 0.1) is 5.82 Å². The van der Waals surface area contributed by atoms with Crippen LogP contribution in [0.3, 0.4) is 0 Å². The van der Waals surface area contributed by atoms with Crippen LogP contribution >= 0.6 is 11.8 Å². The van der Waals surface area contributed by atoms with Crippen molar-refractivity contribution >= 4 is 28.4 Å². The van der Waals surface area contributed by atoms with E-state index in [1.807, 2.05) is 12.1 Å². The summed E-state index contributed by atoms with van der Waals surface area (Å²) in [7, 11) is 1.52. The molecule has 0 saturated carbocycles. The zero-order chi connectivity index (χ0) is 20.0. The molecule has 0 saturated heterocycles. The Morgan fingerprint density at radius 1 is 1.17 bits per heavy atom. The van der Waals surface area contributed by atoms with E-state index in [1.165, 1.54) is 35.7 Å². The number of methoxy groups -OCH3 is 1. The second-order valence-electron chi connectivity index (χ2n) is 6.29. The van der Waals surface area contributed by atoms with Crippen molar-refractivity contribution in [2.45, 2.75) is 5.16 Å². The molecule has 3 heterocycles. The van der Waals surface area contributed by atoms with E-state index in [4.69, 9.17) is 9.15 Å². The molecule has 0 N–H and O–H groups in total. The van der Waals surface area contributed by atoms with Gasteiger partial charge in [-0.05, 0) is 24.3 Å². The average molecular weight is 408 g/mol. The van der Waals surface area contributed by atoms with E-state index in [9.17, 15) is 9.18 Å². The van der Waals surface area contributed by atoms with Gasteiger partial charge in [0.05, 0.1) is 18.4 Å². The summed E-state index contributed by atoms with van der Waals surface area (Å²) in [5.74, 6) is 0.940. The van der Waals surface area contributed by atoms with E-state index in [0.717, 1.165) is 5.39 Å². The van der Waals surface area contributed by atoms with Gasteiger partial charge in [-0.2, -0.15) is 9.78 Å². The van der Waals surface area contributed by atoms with Crippen molar-refractivity contribution in [3.63, 3.8) is 0 Å². The molecule has 29 heavy (non-hydrogen) atoms. The summed E-state index contributed by atoms with van der Waals surface area (Å²) < 4.78 is 25.9. The minimum atomic E-state index is -0.509. The van der Waals surface area contributed by atoms with Gasteiger partial charge in [0, 0.05) is 16.7 Å². The van der Waals surface area contributed by atoms with E-state index in [-0.39, 0.29) is 5.82 Å². The summed E-state index contributed by atoms with van der Waals surface area (Å²) in [5, 5.41) is 14.1. The van der Waals surface area contributed by atoms with Crippen LogP contribution in [0.4, 0.5) is 4.39 Å². The van der Waals surface area contributed by atoms with Gasteiger partial charge in [-0.25, -0.2) is 9.18 Å². The maximum Gasteiger partial charge on any atom is 0.345 e. The van der Waals surface area contributed by atoms with Gasteiger partial charge in [-0.3, -0.25) is 0 Å². The third-order valence-electron chi connectivity index (χ3n) is 4.51. The minimum Gasteiger partial charge on any atom is -0.493 e. The van der Waals surface area contributed by atoms with Crippen LogP contribution in [-0.2, 0) is 0 Å². The monoisotopic (exact) mass is 408 g/mol. The maximum atomic E-state index is 13.6. The predicted octanol–water partition coefficient (Wildman–Crippen LogP) is 3.56. The topological polar surface area (TPSA) is 82.5 Å². The van der Waals surface area contributed by atoms with Gasteiger partial charge < -0.3 is 9.15 Å². The molecule has 9 heteroatoms. The van der Waals surface area contributed by atoms with Crippen molar-refractivity contribution in [2.24, 2.45) is 5.10 Å². The summed E-state index contributed by atoms with van der Waals surface area (Å²) in [6, 6.07) is 13.2. The Hall–Kier alpha value is -3.46. The number of halogens is 1. The van der Waals surface area contributed by atoms with E-state index in [2.05, 4.69) is 15.3 Å². The van der Waals surface area contributed by atoms with Crippen molar-refractivity contribution in [1.82, 2.24) is 14.9 Å². The molecule has 5 rings (SSSR count). The molecule has 2 aromatic heterocycles. The molecule has 0 atom stereocenters. The van der Waals surface area contributed by atoms with E-state index in [0.29, 0.717) is 44.9 Å². The number of nitrogens with zero attached hydrogens (tertiary/aromatic N) is 4. The first-order valence-corrected chi connectivity index (χ1v) is 9.66. The molecule has 0 spiro atoms. The molecule has 0 fully saturated rings. The lowest BCUT2D eigenvalue weighted by Gasteiger charge is -2.14. The normalized spacial score (nSPS) is 13.2. The van der Waals surface area contributed by atoms with Crippen molar-refractivity contribution in [2.75, 3.05) is 12.9 Å². The molecule has 1 aliphatic heterocycles. The number of benzene rings is 2. The Kier molecular flexibility index (Phi) is 4.17. The van der Waals surface area contributed by atoms with Crippen molar-refractivity contribution in [3.8, 4) is 17.1 Å². The van der Waals surface area contributed by atoms with Gasteiger partial charge in [-0.15, -0.1) is 10.2 Å². The standard InChI is InChI=1S/C20H13FN4O3S/c1-27-16-7-3-4-11-9-14(19(26)28-17(11)16)15-10-29-20-23-22-18(25(20)24-15)12-5-2-6-13(21)8-12/h2-9H,10H2,1H3. The molecular weight excluding hydrogens is 395 g/mol. The molecular formula is C20H13FN4O3S. The number of rotatable bonds is 3. The van der Waals surface area contributed by atoms with E-state index >= 15 is 0 Å². The largest absolute Gasteiger partial charge is 0.493 e. The van der Waals surface area contributed by atoms with E-state index in [1.54, 1.807) is 24.3 Å². The highest BCUT2D eigenvalue weighted by Gasteiger charge is 2.23. The molecule has 2 aromatic carbocycles. The molecule has 4 aromatic rings. The van der Waals surface area contributed by atoms with Crippen LogP contribution in [0.15, 0.2) is 68.0 Å². The van der Waals surface area contributed by atoms with Crippen LogP contribution in [0.1, 0.15) is 5.56 Å². The quantitative estimate of drug-likeness (QED) is 0.482. The fourth-order valence-corrected chi connectivity index (χ4v) is 3.97. The van der Waals surface area contributed by atoms with Gasteiger partial charge >= 0.3 is 5.63 Å². The summed E-state index contributed by atoms with van der Waals surface area (Å²) in [5.41, 5.74) is 1.30. The molecule has 0 bridgehead atoms. The maximum absolute atomic E-state index is 13.6. The highest BCUT2D eigenvalue weighted by atomic mass is 32.2. The van der Waals surface area contributed by atoms with Crippen LogP contribution < -0.4 is 10.4 Å². The molecule has 0 amide bonds. The van der Waals surface area contributed by atoms with Gasteiger partial charge in [0.1, 0.15) is 5.82 Å². The molecule has 0 radical (unpaired) electrons. The molecule has 7 nitrogen and oxygen atoms in total. The van der Waals surface area contributed by atoms with Crippen LogP contribution in [0.5, 0.6) is 5.75 Å². The van der Waals surface area contributed by atoms with Gasteiger partial charge in [-0.1, -0.05) is 36.0 Å². The van der Waals surface area contributed by atoms with Crippen molar-refractivity contribution < 1.29 is 13.5 Å². The Labute approximate surface area is 167 Å².